The van der Waals surface area contributed by atoms with Gasteiger partial charge in [0.1, 0.15) is 0 Å². The minimum Gasteiger partial charge on any atom is -0.448 e. The van der Waals surface area contributed by atoms with Gasteiger partial charge >= 0.3 is 6.09 Å². The molecule has 0 unspecified atom stereocenters. The van der Waals surface area contributed by atoms with Crippen LogP contribution in [0.3, 0.4) is 0 Å². The van der Waals surface area contributed by atoms with Gasteiger partial charge in [0.2, 0.25) is 4.80 Å². The van der Waals surface area contributed by atoms with Crippen molar-refractivity contribution in [1.29, 1.82) is 0 Å². The first-order valence-corrected chi connectivity index (χ1v) is 13.0. The Morgan fingerprint density at radius 3 is 2.63 bits per heavy atom. The summed E-state index contributed by atoms with van der Waals surface area (Å²) >= 11 is 7.86. The molecule has 0 saturated carbocycles. The van der Waals surface area contributed by atoms with Crippen molar-refractivity contribution >= 4 is 37.3 Å². The first-order chi connectivity index (χ1) is 12.5. The third-order valence-corrected chi connectivity index (χ3v) is 10.3. The average Bonchev–Trinajstić information content (AvgIpc) is 3.00. The number of carbonyl (C=O) groups excluding carboxylic acids is 1. The number of amides is 1. The fourth-order valence-electron chi connectivity index (χ4n) is 2.09. The van der Waals surface area contributed by atoms with Gasteiger partial charge in [-0.3, -0.25) is 4.57 Å². The van der Waals surface area contributed by atoms with Crippen LogP contribution in [0.2, 0.25) is 23.2 Å². The fourth-order valence-corrected chi connectivity index (χ4v) is 4.04. The Balaban J connectivity index is 2.24. The van der Waals surface area contributed by atoms with Crippen molar-refractivity contribution in [1.82, 2.24) is 4.57 Å². The number of hydrogen-bond acceptors (Lipinski definition) is 4. The Morgan fingerprint density at radius 2 is 2.04 bits per heavy atom. The first kappa shape index (κ1) is 21.9. The number of aromatic nitrogens is 1. The molecule has 0 spiro atoms. The minimum atomic E-state index is -1.82. The third-order valence-electron chi connectivity index (χ3n) is 4.72. The number of carbonyl (C=O) groups is 1. The minimum absolute atomic E-state index is 0.159. The lowest BCUT2D eigenvalue weighted by atomic mass is 10.2. The second kappa shape index (κ2) is 8.73. The second-order valence-electron chi connectivity index (χ2n) is 7.70. The molecule has 1 heterocycles. The van der Waals surface area contributed by atoms with E-state index in [0.29, 0.717) is 16.4 Å². The van der Waals surface area contributed by atoms with Crippen molar-refractivity contribution in [3.8, 4) is 5.69 Å². The van der Waals surface area contributed by atoms with Gasteiger partial charge in [0.15, 0.2) is 8.32 Å². The Morgan fingerprint density at radius 1 is 1.33 bits per heavy atom. The number of rotatable bonds is 5. The third kappa shape index (κ3) is 5.54. The fraction of sp³-hybridized carbons (Fsp3) is 0.474. The predicted octanol–water partition coefficient (Wildman–Crippen LogP) is 5.77. The highest BCUT2D eigenvalue weighted by atomic mass is 35.5. The smallest absolute Gasteiger partial charge is 0.436 e. The van der Waals surface area contributed by atoms with E-state index >= 15 is 0 Å². The van der Waals surface area contributed by atoms with Crippen molar-refractivity contribution in [2.24, 2.45) is 4.99 Å². The number of benzene rings is 1. The molecule has 2 aromatic rings. The van der Waals surface area contributed by atoms with Gasteiger partial charge in [-0.05, 0) is 42.8 Å². The largest absolute Gasteiger partial charge is 0.448 e. The van der Waals surface area contributed by atoms with Gasteiger partial charge in [-0.25, -0.2) is 4.79 Å². The van der Waals surface area contributed by atoms with Crippen LogP contribution in [0.4, 0.5) is 4.79 Å². The first-order valence-electron chi connectivity index (χ1n) is 8.85. The Hall–Kier alpha value is -1.41. The molecule has 1 aromatic carbocycles. The SMILES string of the molecule is CCOC(=O)/N=c1\sccn1-c1ccc(CO[Si](C)(C)C(C)(C)C)cc1Cl. The van der Waals surface area contributed by atoms with Crippen LogP contribution >= 0.6 is 22.9 Å². The van der Waals surface area contributed by atoms with Crippen LogP contribution in [0.25, 0.3) is 5.69 Å². The zero-order valence-electron chi connectivity index (χ0n) is 16.7. The standard InChI is InChI=1S/C19H27ClN2O3SSi/c1-7-24-18(23)21-17-22(10-11-26-17)16-9-8-14(12-15(16)20)13-25-27(5,6)19(2,3)4/h8-12H,7,13H2,1-6H3/b21-17-. The quantitative estimate of drug-likeness (QED) is 0.570. The van der Waals surface area contributed by atoms with Crippen molar-refractivity contribution in [3.63, 3.8) is 0 Å². The summed E-state index contributed by atoms with van der Waals surface area (Å²) in [5.74, 6) is 0. The van der Waals surface area contributed by atoms with Gasteiger partial charge in [0.05, 0.1) is 23.9 Å². The predicted molar refractivity (Wildman–Crippen MR) is 113 cm³/mol. The molecule has 8 heteroatoms. The lowest BCUT2D eigenvalue weighted by Crippen LogP contribution is -2.40. The zero-order chi connectivity index (χ0) is 20.2. The van der Waals surface area contributed by atoms with Crippen LogP contribution in [-0.4, -0.2) is 25.6 Å². The van der Waals surface area contributed by atoms with E-state index in [1.54, 1.807) is 11.5 Å². The highest BCUT2D eigenvalue weighted by Gasteiger charge is 2.37. The number of thiazole rings is 1. The van der Waals surface area contributed by atoms with Crippen molar-refractivity contribution in [3.05, 3.63) is 45.2 Å². The molecule has 27 heavy (non-hydrogen) atoms. The summed E-state index contributed by atoms with van der Waals surface area (Å²) in [4.78, 5) is 16.2. The van der Waals surface area contributed by atoms with Gasteiger partial charge in [-0.1, -0.05) is 38.4 Å². The molecule has 0 saturated heterocycles. The molecular weight excluding hydrogens is 400 g/mol. The van der Waals surface area contributed by atoms with Gasteiger partial charge in [0.25, 0.3) is 0 Å². The van der Waals surface area contributed by atoms with Crippen LogP contribution in [0.1, 0.15) is 33.3 Å². The topological polar surface area (TPSA) is 52.8 Å². The monoisotopic (exact) mass is 426 g/mol. The summed E-state index contributed by atoms with van der Waals surface area (Å²) in [6, 6.07) is 5.82. The molecule has 1 aromatic heterocycles. The molecule has 148 valence electrons. The molecule has 0 radical (unpaired) electrons. The number of halogens is 1. The van der Waals surface area contributed by atoms with E-state index in [-0.39, 0.29) is 11.6 Å². The highest BCUT2D eigenvalue weighted by molar-refractivity contribution is 7.07. The number of hydrogen-bond donors (Lipinski definition) is 0. The van der Waals surface area contributed by atoms with Crippen LogP contribution in [-0.2, 0) is 15.8 Å². The Kier molecular flexibility index (Phi) is 7.07. The van der Waals surface area contributed by atoms with E-state index in [1.165, 1.54) is 11.3 Å². The molecule has 0 N–H and O–H groups in total. The van der Waals surface area contributed by atoms with E-state index in [4.69, 9.17) is 20.8 Å². The second-order valence-corrected chi connectivity index (χ2v) is 13.8. The lowest BCUT2D eigenvalue weighted by Gasteiger charge is -2.36. The maximum atomic E-state index is 11.7. The molecule has 0 aliphatic rings. The van der Waals surface area contributed by atoms with Crippen LogP contribution < -0.4 is 4.80 Å². The van der Waals surface area contributed by atoms with Crippen LogP contribution in [0, 0.1) is 0 Å². The summed E-state index contributed by atoms with van der Waals surface area (Å²) < 4.78 is 12.9. The molecular formula is C19H27ClN2O3SSi. The maximum Gasteiger partial charge on any atom is 0.436 e. The lowest BCUT2D eigenvalue weighted by molar-refractivity contribution is 0.162. The number of nitrogens with zero attached hydrogens (tertiary/aromatic N) is 2. The van der Waals surface area contributed by atoms with Gasteiger partial charge in [-0.2, -0.15) is 0 Å². The van der Waals surface area contributed by atoms with Crippen molar-refractivity contribution in [2.45, 2.75) is 52.4 Å². The van der Waals surface area contributed by atoms with Gasteiger partial charge < -0.3 is 9.16 Å². The summed E-state index contributed by atoms with van der Waals surface area (Å²) in [6.07, 6.45) is 1.22. The molecule has 0 aliphatic heterocycles. The van der Waals surface area contributed by atoms with E-state index in [2.05, 4.69) is 38.9 Å². The van der Waals surface area contributed by atoms with Crippen LogP contribution in [0.15, 0.2) is 34.8 Å². The number of ether oxygens (including phenoxy) is 1. The van der Waals surface area contributed by atoms with E-state index < -0.39 is 14.4 Å². The van der Waals surface area contributed by atoms with Gasteiger partial charge in [0, 0.05) is 11.6 Å². The molecule has 0 aliphatic carbocycles. The van der Waals surface area contributed by atoms with E-state index in [0.717, 1.165) is 11.3 Å². The summed E-state index contributed by atoms with van der Waals surface area (Å²) in [6.45, 7) is 13.7. The molecule has 5 nitrogen and oxygen atoms in total. The molecule has 2 rings (SSSR count). The Labute approximate surface area is 170 Å². The normalized spacial score (nSPS) is 13.1. The highest BCUT2D eigenvalue weighted by Crippen LogP contribution is 2.37. The zero-order valence-corrected chi connectivity index (χ0v) is 19.3. The molecule has 1 amide bonds. The van der Waals surface area contributed by atoms with E-state index in [1.807, 2.05) is 29.8 Å². The maximum absolute atomic E-state index is 11.7. The van der Waals surface area contributed by atoms with Crippen LogP contribution in [0.5, 0.6) is 0 Å². The average molecular weight is 427 g/mol. The Bertz CT molecular complexity index is 868. The summed E-state index contributed by atoms with van der Waals surface area (Å²) in [5.41, 5.74) is 1.78. The molecule has 0 bridgehead atoms. The summed E-state index contributed by atoms with van der Waals surface area (Å²) in [7, 11) is -1.82. The van der Waals surface area contributed by atoms with Gasteiger partial charge in [-0.15, -0.1) is 16.3 Å². The van der Waals surface area contributed by atoms with Crippen molar-refractivity contribution < 1.29 is 14.0 Å². The van der Waals surface area contributed by atoms with E-state index in [9.17, 15) is 4.79 Å². The van der Waals surface area contributed by atoms with Crippen molar-refractivity contribution in [2.75, 3.05) is 6.61 Å². The molecule has 0 fully saturated rings. The summed E-state index contributed by atoms with van der Waals surface area (Å²) in [5, 5.41) is 2.59. The molecule has 0 atom stereocenters.